The summed E-state index contributed by atoms with van der Waals surface area (Å²) in [6, 6.07) is 0. The highest BCUT2D eigenvalue weighted by Gasteiger charge is 2.32. The second-order valence-corrected chi connectivity index (χ2v) is 4.52. The lowest BCUT2D eigenvalue weighted by molar-refractivity contribution is -0.123. The third-order valence-electron chi connectivity index (χ3n) is 3.29. The molecule has 1 aliphatic rings. The van der Waals surface area contributed by atoms with Gasteiger partial charge in [0.1, 0.15) is 5.78 Å². The largest absolute Gasteiger partial charge is 0.325 e. The van der Waals surface area contributed by atoms with Gasteiger partial charge in [-0.25, -0.2) is 0 Å². The summed E-state index contributed by atoms with van der Waals surface area (Å²) in [7, 11) is 0. The standard InChI is InChI=1S/C11H21NO/c1-3-9(2)10(13)8-11(12)6-4-5-7-11/h9H,3-8,12H2,1-2H3. The van der Waals surface area contributed by atoms with Crippen molar-refractivity contribution in [3.05, 3.63) is 0 Å². The van der Waals surface area contributed by atoms with Gasteiger partial charge in [0.15, 0.2) is 0 Å². The Kier molecular flexibility index (Phi) is 3.48. The molecule has 2 nitrogen and oxygen atoms in total. The number of Topliss-reactive ketones (excluding diaryl/α,β-unsaturated/α-hetero) is 1. The van der Waals surface area contributed by atoms with Crippen molar-refractivity contribution in [2.45, 2.75) is 57.9 Å². The molecule has 0 aliphatic heterocycles. The first-order valence-corrected chi connectivity index (χ1v) is 5.39. The molecule has 0 saturated heterocycles. The predicted molar refractivity (Wildman–Crippen MR) is 54.5 cm³/mol. The van der Waals surface area contributed by atoms with Crippen molar-refractivity contribution in [3.63, 3.8) is 0 Å². The van der Waals surface area contributed by atoms with Crippen LogP contribution in [0.25, 0.3) is 0 Å². The maximum atomic E-state index is 11.7. The highest BCUT2D eigenvalue weighted by Crippen LogP contribution is 2.31. The van der Waals surface area contributed by atoms with E-state index in [1.165, 1.54) is 12.8 Å². The van der Waals surface area contributed by atoms with E-state index in [0.717, 1.165) is 19.3 Å². The van der Waals surface area contributed by atoms with Crippen LogP contribution in [0, 0.1) is 5.92 Å². The van der Waals surface area contributed by atoms with E-state index in [1.54, 1.807) is 0 Å². The fourth-order valence-electron chi connectivity index (χ4n) is 2.00. The molecule has 0 spiro atoms. The summed E-state index contributed by atoms with van der Waals surface area (Å²) < 4.78 is 0. The third kappa shape index (κ3) is 2.80. The lowest BCUT2D eigenvalue weighted by atomic mass is 9.87. The van der Waals surface area contributed by atoms with Gasteiger partial charge in [-0.15, -0.1) is 0 Å². The van der Waals surface area contributed by atoms with E-state index in [-0.39, 0.29) is 11.5 Å². The molecule has 1 unspecified atom stereocenters. The maximum absolute atomic E-state index is 11.7. The van der Waals surface area contributed by atoms with Crippen LogP contribution in [0.1, 0.15) is 52.4 Å². The predicted octanol–water partition coefficient (Wildman–Crippen LogP) is 2.26. The van der Waals surface area contributed by atoms with Gasteiger partial charge < -0.3 is 5.73 Å². The average molecular weight is 183 g/mol. The zero-order valence-corrected chi connectivity index (χ0v) is 8.81. The van der Waals surface area contributed by atoms with Crippen LogP contribution in [0.5, 0.6) is 0 Å². The summed E-state index contributed by atoms with van der Waals surface area (Å²) in [6.45, 7) is 4.06. The van der Waals surface area contributed by atoms with Crippen LogP contribution in [0.3, 0.4) is 0 Å². The highest BCUT2D eigenvalue weighted by atomic mass is 16.1. The molecule has 1 aliphatic carbocycles. The Hall–Kier alpha value is -0.370. The first-order chi connectivity index (χ1) is 6.07. The number of hydrogen-bond acceptors (Lipinski definition) is 2. The number of rotatable bonds is 4. The molecule has 1 saturated carbocycles. The zero-order valence-electron chi connectivity index (χ0n) is 8.81. The monoisotopic (exact) mass is 183 g/mol. The topological polar surface area (TPSA) is 43.1 Å². The van der Waals surface area contributed by atoms with Crippen LogP contribution in [0.15, 0.2) is 0 Å². The molecule has 0 radical (unpaired) electrons. The lowest BCUT2D eigenvalue weighted by Gasteiger charge is -2.23. The number of carbonyl (C=O) groups is 1. The van der Waals surface area contributed by atoms with Gasteiger partial charge in [0.2, 0.25) is 0 Å². The Morgan fingerprint density at radius 2 is 2.00 bits per heavy atom. The minimum atomic E-state index is -0.152. The van der Waals surface area contributed by atoms with Gasteiger partial charge in [-0.1, -0.05) is 26.7 Å². The van der Waals surface area contributed by atoms with Gasteiger partial charge in [0.25, 0.3) is 0 Å². The molecule has 0 aromatic heterocycles. The summed E-state index contributed by atoms with van der Waals surface area (Å²) in [4.78, 5) is 11.7. The Morgan fingerprint density at radius 1 is 1.46 bits per heavy atom. The molecule has 0 amide bonds. The van der Waals surface area contributed by atoms with E-state index < -0.39 is 0 Å². The molecule has 0 heterocycles. The second kappa shape index (κ2) is 4.23. The van der Waals surface area contributed by atoms with Crippen LogP contribution in [0.4, 0.5) is 0 Å². The molecule has 2 N–H and O–H groups in total. The minimum Gasteiger partial charge on any atom is -0.325 e. The van der Waals surface area contributed by atoms with Gasteiger partial charge in [0.05, 0.1) is 0 Å². The third-order valence-corrected chi connectivity index (χ3v) is 3.29. The van der Waals surface area contributed by atoms with E-state index in [9.17, 15) is 4.79 Å². The van der Waals surface area contributed by atoms with Gasteiger partial charge in [-0.05, 0) is 19.3 Å². The molecule has 0 bridgehead atoms. The average Bonchev–Trinajstić information content (AvgIpc) is 2.50. The molecular weight excluding hydrogens is 162 g/mol. The van der Waals surface area contributed by atoms with Crippen molar-refractivity contribution in [3.8, 4) is 0 Å². The maximum Gasteiger partial charge on any atom is 0.137 e. The van der Waals surface area contributed by atoms with Crippen LogP contribution in [0.2, 0.25) is 0 Å². The molecular formula is C11H21NO. The van der Waals surface area contributed by atoms with E-state index in [0.29, 0.717) is 12.2 Å². The molecule has 2 heteroatoms. The van der Waals surface area contributed by atoms with Gasteiger partial charge >= 0.3 is 0 Å². The normalized spacial score (nSPS) is 23.0. The molecule has 1 atom stereocenters. The van der Waals surface area contributed by atoms with Crippen molar-refractivity contribution in [2.75, 3.05) is 0 Å². The van der Waals surface area contributed by atoms with E-state index in [1.807, 2.05) is 6.92 Å². The summed E-state index contributed by atoms with van der Waals surface area (Å²) in [5.41, 5.74) is 5.98. The molecule has 1 fully saturated rings. The Balaban J connectivity index is 2.43. The van der Waals surface area contributed by atoms with E-state index in [4.69, 9.17) is 5.73 Å². The number of nitrogens with two attached hydrogens (primary N) is 1. The SMILES string of the molecule is CCC(C)C(=O)CC1(N)CCCC1. The molecule has 76 valence electrons. The van der Waals surface area contributed by atoms with Gasteiger partial charge in [-0.3, -0.25) is 4.79 Å². The number of ketones is 1. The quantitative estimate of drug-likeness (QED) is 0.726. The lowest BCUT2D eigenvalue weighted by Crippen LogP contribution is -2.39. The first-order valence-electron chi connectivity index (χ1n) is 5.39. The molecule has 0 aromatic carbocycles. The summed E-state index contributed by atoms with van der Waals surface area (Å²) in [5.74, 6) is 0.549. The minimum absolute atomic E-state index is 0.152. The van der Waals surface area contributed by atoms with E-state index >= 15 is 0 Å². The Morgan fingerprint density at radius 3 is 2.46 bits per heavy atom. The first kappa shape index (κ1) is 10.7. The van der Waals surface area contributed by atoms with Crippen molar-refractivity contribution >= 4 is 5.78 Å². The fraction of sp³-hybridized carbons (Fsp3) is 0.909. The zero-order chi connectivity index (χ0) is 9.90. The summed E-state index contributed by atoms with van der Waals surface area (Å²) in [5, 5.41) is 0. The van der Waals surface area contributed by atoms with Gasteiger partial charge in [-0.2, -0.15) is 0 Å². The van der Waals surface area contributed by atoms with E-state index in [2.05, 4.69) is 6.92 Å². The highest BCUT2D eigenvalue weighted by molar-refractivity contribution is 5.81. The van der Waals surface area contributed by atoms with Crippen LogP contribution < -0.4 is 5.73 Å². The number of carbonyl (C=O) groups excluding carboxylic acids is 1. The van der Waals surface area contributed by atoms with Crippen molar-refractivity contribution in [1.29, 1.82) is 0 Å². The fourth-order valence-corrected chi connectivity index (χ4v) is 2.00. The Bertz CT molecular complexity index is 183. The summed E-state index contributed by atoms with van der Waals surface area (Å²) >= 11 is 0. The smallest absolute Gasteiger partial charge is 0.137 e. The molecule has 13 heavy (non-hydrogen) atoms. The number of hydrogen-bond donors (Lipinski definition) is 1. The van der Waals surface area contributed by atoms with Gasteiger partial charge in [0, 0.05) is 17.9 Å². The van der Waals surface area contributed by atoms with Crippen molar-refractivity contribution in [2.24, 2.45) is 11.7 Å². The second-order valence-electron chi connectivity index (χ2n) is 4.52. The van der Waals surface area contributed by atoms with Crippen LogP contribution >= 0.6 is 0 Å². The van der Waals surface area contributed by atoms with Crippen LogP contribution in [-0.2, 0) is 4.79 Å². The Labute approximate surface area is 80.9 Å². The van der Waals surface area contributed by atoms with Crippen molar-refractivity contribution in [1.82, 2.24) is 0 Å². The van der Waals surface area contributed by atoms with Crippen LogP contribution in [-0.4, -0.2) is 11.3 Å². The van der Waals surface area contributed by atoms with Crippen molar-refractivity contribution < 1.29 is 4.79 Å². The molecule has 0 aromatic rings. The summed E-state index contributed by atoms with van der Waals surface area (Å²) in [6.07, 6.45) is 6.01. The molecule has 1 rings (SSSR count).